The first-order chi connectivity index (χ1) is 3.35. The fourth-order valence-corrected chi connectivity index (χ4v) is 0.245. The molecule has 0 aromatic heterocycles. The van der Waals surface area contributed by atoms with Crippen LogP contribution in [0.2, 0.25) is 0 Å². The molecule has 0 rings (SSSR count). The third-order valence-corrected chi connectivity index (χ3v) is 0.675. The Morgan fingerprint density at radius 3 is 1.86 bits per heavy atom. The summed E-state index contributed by atoms with van der Waals surface area (Å²) in [6, 6.07) is 0. The van der Waals surface area contributed by atoms with Crippen LogP contribution in [-0.4, -0.2) is 33.0 Å². The van der Waals surface area contributed by atoms with Crippen molar-refractivity contribution in [3.63, 3.8) is 0 Å². The minimum absolute atomic E-state index is 0.0903. The Kier molecular flexibility index (Phi) is 4.08. The molecule has 0 saturated heterocycles. The van der Waals surface area contributed by atoms with E-state index in [1.807, 2.05) is 0 Å². The lowest BCUT2D eigenvalue weighted by Gasteiger charge is -2.01. The quantitative estimate of drug-likeness (QED) is 0.481. The summed E-state index contributed by atoms with van der Waals surface area (Å²) in [5.74, 6) is 0. The van der Waals surface area contributed by atoms with E-state index >= 15 is 0 Å². The zero-order valence-corrected chi connectivity index (χ0v) is 4.55. The fraction of sp³-hybridized carbons (Fsp3) is 1.00. The normalized spacial score (nSPS) is 9.00. The highest BCUT2D eigenvalue weighted by atomic mass is 16.6. The minimum atomic E-state index is -0.458. The van der Waals surface area contributed by atoms with Gasteiger partial charge >= 0.3 is 7.12 Å². The zero-order valence-electron chi connectivity index (χ0n) is 4.55. The summed E-state index contributed by atoms with van der Waals surface area (Å²) >= 11 is 0. The number of aliphatic hydroxyl groups is 1. The summed E-state index contributed by atoms with van der Waals surface area (Å²) in [7, 11) is 2.49. The average molecular weight is 104 g/mol. The number of hydrogen-bond acceptors (Lipinski definition) is 3. The molecule has 7 heavy (non-hydrogen) atoms. The van der Waals surface area contributed by atoms with Crippen molar-refractivity contribution in [1.29, 1.82) is 0 Å². The van der Waals surface area contributed by atoms with Gasteiger partial charge in [0.25, 0.3) is 0 Å². The molecule has 0 spiro atoms. The van der Waals surface area contributed by atoms with Gasteiger partial charge in [-0.05, 0) is 0 Å². The van der Waals surface area contributed by atoms with Crippen molar-refractivity contribution in [2.75, 3.05) is 20.7 Å². The molecule has 0 amide bonds. The lowest BCUT2D eigenvalue weighted by molar-refractivity contribution is 0.229. The van der Waals surface area contributed by atoms with E-state index in [1.165, 1.54) is 14.2 Å². The van der Waals surface area contributed by atoms with Crippen molar-refractivity contribution in [3.8, 4) is 0 Å². The summed E-state index contributed by atoms with van der Waals surface area (Å²) in [5.41, 5.74) is 0. The van der Waals surface area contributed by atoms with Crippen molar-refractivity contribution in [1.82, 2.24) is 0 Å². The van der Waals surface area contributed by atoms with Crippen LogP contribution in [0.1, 0.15) is 0 Å². The van der Waals surface area contributed by atoms with E-state index in [4.69, 9.17) is 5.11 Å². The Bertz CT molecular complexity index is 31.7. The van der Waals surface area contributed by atoms with Crippen molar-refractivity contribution in [3.05, 3.63) is 0 Å². The highest BCUT2D eigenvalue weighted by Crippen LogP contribution is 1.78. The molecule has 0 aromatic rings. The molecule has 0 radical (unpaired) electrons. The third-order valence-electron chi connectivity index (χ3n) is 0.675. The summed E-state index contributed by atoms with van der Waals surface area (Å²) in [4.78, 5) is 0. The van der Waals surface area contributed by atoms with Crippen LogP contribution in [-0.2, 0) is 9.31 Å². The molecule has 0 aliphatic heterocycles. The van der Waals surface area contributed by atoms with Gasteiger partial charge in [0.15, 0.2) is 0 Å². The van der Waals surface area contributed by atoms with E-state index in [0.717, 1.165) is 0 Å². The molecule has 3 nitrogen and oxygen atoms in total. The van der Waals surface area contributed by atoms with Gasteiger partial charge in [0.2, 0.25) is 0 Å². The Hall–Kier alpha value is -0.0551. The largest absolute Gasteiger partial charge is 0.483 e. The van der Waals surface area contributed by atoms with Crippen molar-refractivity contribution >= 4 is 7.12 Å². The molecule has 0 saturated carbocycles. The monoisotopic (exact) mass is 104 g/mol. The molecule has 0 aliphatic carbocycles. The van der Waals surface area contributed by atoms with Crippen LogP contribution >= 0.6 is 0 Å². The van der Waals surface area contributed by atoms with Gasteiger partial charge in [-0.3, -0.25) is 0 Å². The van der Waals surface area contributed by atoms with Crippen LogP contribution in [0.4, 0.5) is 0 Å². The first kappa shape index (κ1) is 6.94. The average Bonchev–Trinajstić information content (AvgIpc) is 1.72. The number of rotatable bonds is 3. The fourth-order valence-electron chi connectivity index (χ4n) is 0.245. The van der Waals surface area contributed by atoms with E-state index in [9.17, 15) is 0 Å². The third kappa shape index (κ3) is 2.62. The van der Waals surface area contributed by atoms with Crippen LogP contribution in [0, 0.1) is 0 Å². The van der Waals surface area contributed by atoms with Crippen molar-refractivity contribution in [2.24, 2.45) is 0 Å². The molecule has 0 unspecified atom stereocenters. The number of hydrogen-bond donors (Lipinski definition) is 1. The predicted octanol–water partition coefficient (Wildman–Crippen LogP) is -0.701. The summed E-state index contributed by atoms with van der Waals surface area (Å²) in [6.45, 7) is -0.0903. The molecule has 0 bridgehead atoms. The molecule has 0 fully saturated rings. The number of aliphatic hydroxyl groups excluding tert-OH is 1. The maximum atomic E-state index is 8.28. The van der Waals surface area contributed by atoms with Crippen LogP contribution < -0.4 is 0 Å². The molecule has 42 valence electrons. The van der Waals surface area contributed by atoms with Crippen LogP contribution in [0.15, 0.2) is 0 Å². The second-order valence-corrected chi connectivity index (χ2v) is 1.08. The molecule has 0 atom stereocenters. The standard InChI is InChI=1S/C3H9BO3/c1-6-4(3-5)7-2/h5H,3H2,1-2H3. The molecule has 0 aliphatic rings. The van der Waals surface area contributed by atoms with Crippen LogP contribution in [0.3, 0.4) is 0 Å². The summed E-state index contributed by atoms with van der Waals surface area (Å²) < 4.78 is 9.15. The highest BCUT2D eigenvalue weighted by Gasteiger charge is 2.09. The Labute approximate surface area is 43.4 Å². The van der Waals surface area contributed by atoms with Gasteiger partial charge in [0.1, 0.15) is 0 Å². The van der Waals surface area contributed by atoms with Gasteiger partial charge in [0, 0.05) is 14.2 Å². The van der Waals surface area contributed by atoms with E-state index in [1.54, 1.807) is 0 Å². The second-order valence-electron chi connectivity index (χ2n) is 1.08. The second kappa shape index (κ2) is 4.11. The lowest BCUT2D eigenvalue weighted by Crippen LogP contribution is -2.23. The minimum Gasteiger partial charge on any atom is -0.412 e. The molecular weight excluding hydrogens is 94.8 g/mol. The van der Waals surface area contributed by atoms with E-state index in [0.29, 0.717) is 0 Å². The Morgan fingerprint density at radius 1 is 1.43 bits per heavy atom. The van der Waals surface area contributed by atoms with Crippen LogP contribution in [0.25, 0.3) is 0 Å². The van der Waals surface area contributed by atoms with Gasteiger partial charge in [-0.1, -0.05) is 0 Å². The molecule has 0 heterocycles. The summed E-state index contributed by atoms with van der Waals surface area (Å²) in [5, 5.41) is 8.28. The zero-order chi connectivity index (χ0) is 5.70. The van der Waals surface area contributed by atoms with Gasteiger partial charge in [-0.2, -0.15) is 0 Å². The van der Waals surface area contributed by atoms with Gasteiger partial charge in [-0.15, -0.1) is 0 Å². The van der Waals surface area contributed by atoms with E-state index in [-0.39, 0.29) is 6.51 Å². The maximum Gasteiger partial charge on any atom is 0.483 e. The van der Waals surface area contributed by atoms with Crippen molar-refractivity contribution in [2.45, 2.75) is 0 Å². The Balaban J connectivity index is 2.99. The van der Waals surface area contributed by atoms with E-state index in [2.05, 4.69) is 9.31 Å². The summed E-state index contributed by atoms with van der Waals surface area (Å²) in [6.07, 6.45) is 0. The SMILES string of the molecule is COB(CO)OC. The van der Waals surface area contributed by atoms with Crippen molar-refractivity contribution < 1.29 is 14.4 Å². The predicted molar refractivity (Wildman–Crippen MR) is 26.9 cm³/mol. The topological polar surface area (TPSA) is 38.7 Å². The van der Waals surface area contributed by atoms with Gasteiger partial charge in [0.05, 0.1) is 6.51 Å². The maximum absolute atomic E-state index is 8.28. The Morgan fingerprint density at radius 2 is 1.86 bits per heavy atom. The van der Waals surface area contributed by atoms with E-state index < -0.39 is 7.12 Å². The van der Waals surface area contributed by atoms with Gasteiger partial charge < -0.3 is 14.4 Å². The molecular formula is C3H9BO3. The molecule has 0 aromatic carbocycles. The van der Waals surface area contributed by atoms with Crippen LogP contribution in [0.5, 0.6) is 0 Å². The lowest BCUT2D eigenvalue weighted by atomic mass is 9.93. The highest BCUT2D eigenvalue weighted by molar-refractivity contribution is 6.43. The first-order valence-corrected chi connectivity index (χ1v) is 2.01. The first-order valence-electron chi connectivity index (χ1n) is 2.01. The smallest absolute Gasteiger partial charge is 0.412 e. The molecule has 1 N–H and O–H groups in total. The molecule has 4 heteroatoms. The van der Waals surface area contributed by atoms with Gasteiger partial charge in [-0.25, -0.2) is 0 Å².